The molecular formula is C18H22N4O2. The molecule has 126 valence electrons. The maximum absolute atomic E-state index is 12.3. The summed E-state index contributed by atoms with van der Waals surface area (Å²) in [6.07, 6.45) is 0.381. The first-order valence-electron chi connectivity index (χ1n) is 7.85. The standard InChI is InChI=1S/C18H22N4O2/c1-5-16(23)19-13-8-6-7-12(11-13)17(24)20-15-10-9-14(21-22-15)18(2,3)4/h6-11H,5H2,1-4H3,(H,19,23)(H,20,22,24). The normalized spacial score (nSPS) is 11.0. The van der Waals surface area contributed by atoms with Crippen molar-refractivity contribution in [1.82, 2.24) is 10.2 Å². The molecule has 0 saturated carbocycles. The molecule has 0 aliphatic rings. The summed E-state index contributed by atoms with van der Waals surface area (Å²) in [5.74, 6) is -0.0207. The first kappa shape index (κ1) is 17.6. The Kier molecular flexibility index (Phi) is 5.28. The zero-order valence-electron chi connectivity index (χ0n) is 14.4. The fourth-order valence-corrected chi connectivity index (χ4v) is 1.97. The Hall–Kier alpha value is -2.76. The van der Waals surface area contributed by atoms with Crippen molar-refractivity contribution in [3.05, 3.63) is 47.7 Å². The zero-order valence-corrected chi connectivity index (χ0v) is 14.4. The SMILES string of the molecule is CCC(=O)Nc1cccc(C(=O)Nc2ccc(C(C)(C)C)nn2)c1. The van der Waals surface area contributed by atoms with Gasteiger partial charge in [-0.05, 0) is 30.3 Å². The minimum Gasteiger partial charge on any atom is -0.326 e. The lowest BCUT2D eigenvalue weighted by atomic mass is 9.92. The van der Waals surface area contributed by atoms with Gasteiger partial charge in [0.2, 0.25) is 5.91 Å². The number of carbonyl (C=O) groups is 2. The Bertz CT molecular complexity index is 733. The van der Waals surface area contributed by atoms with E-state index in [0.717, 1.165) is 5.69 Å². The topological polar surface area (TPSA) is 84.0 Å². The molecule has 0 radical (unpaired) electrons. The van der Waals surface area contributed by atoms with Crippen LogP contribution in [0.4, 0.5) is 11.5 Å². The predicted octanol–water partition coefficient (Wildman–Crippen LogP) is 3.37. The second kappa shape index (κ2) is 7.21. The summed E-state index contributed by atoms with van der Waals surface area (Å²) in [5, 5.41) is 13.6. The molecular weight excluding hydrogens is 304 g/mol. The van der Waals surface area contributed by atoms with Crippen LogP contribution in [-0.4, -0.2) is 22.0 Å². The Morgan fingerprint density at radius 1 is 1.04 bits per heavy atom. The van der Waals surface area contributed by atoms with Crippen LogP contribution in [0.2, 0.25) is 0 Å². The number of hydrogen-bond acceptors (Lipinski definition) is 4. The summed E-state index contributed by atoms with van der Waals surface area (Å²) in [7, 11) is 0. The Labute approximate surface area is 141 Å². The smallest absolute Gasteiger partial charge is 0.256 e. The highest BCUT2D eigenvalue weighted by molar-refractivity contribution is 6.04. The Balaban J connectivity index is 2.09. The minimum absolute atomic E-state index is 0.0959. The average molecular weight is 326 g/mol. The van der Waals surface area contributed by atoms with Crippen molar-refractivity contribution in [1.29, 1.82) is 0 Å². The molecule has 1 heterocycles. The number of benzene rings is 1. The van der Waals surface area contributed by atoms with Gasteiger partial charge in [-0.25, -0.2) is 0 Å². The number of aromatic nitrogens is 2. The first-order valence-corrected chi connectivity index (χ1v) is 7.85. The van der Waals surface area contributed by atoms with Crippen molar-refractivity contribution in [2.45, 2.75) is 39.5 Å². The van der Waals surface area contributed by atoms with Crippen molar-refractivity contribution in [3.63, 3.8) is 0 Å². The lowest BCUT2D eigenvalue weighted by Gasteiger charge is -2.16. The molecule has 0 saturated heterocycles. The summed E-state index contributed by atoms with van der Waals surface area (Å²) in [6, 6.07) is 10.3. The predicted molar refractivity (Wildman–Crippen MR) is 94.0 cm³/mol. The molecule has 0 spiro atoms. The van der Waals surface area contributed by atoms with E-state index in [1.807, 2.05) is 26.8 Å². The quantitative estimate of drug-likeness (QED) is 0.902. The van der Waals surface area contributed by atoms with Gasteiger partial charge in [0.25, 0.3) is 5.91 Å². The largest absolute Gasteiger partial charge is 0.326 e. The summed E-state index contributed by atoms with van der Waals surface area (Å²) >= 11 is 0. The number of amides is 2. The summed E-state index contributed by atoms with van der Waals surface area (Å²) in [4.78, 5) is 23.7. The maximum atomic E-state index is 12.3. The van der Waals surface area contributed by atoms with E-state index in [1.165, 1.54) is 0 Å². The van der Waals surface area contributed by atoms with Gasteiger partial charge in [-0.15, -0.1) is 5.10 Å². The van der Waals surface area contributed by atoms with Crippen LogP contribution in [0.15, 0.2) is 36.4 Å². The van der Waals surface area contributed by atoms with Crippen molar-refractivity contribution in [3.8, 4) is 0 Å². The van der Waals surface area contributed by atoms with Gasteiger partial charge < -0.3 is 10.6 Å². The molecule has 1 aromatic carbocycles. The van der Waals surface area contributed by atoms with Gasteiger partial charge in [-0.2, -0.15) is 5.10 Å². The fourth-order valence-electron chi connectivity index (χ4n) is 1.97. The highest BCUT2D eigenvalue weighted by Gasteiger charge is 2.16. The molecule has 6 heteroatoms. The van der Waals surface area contributed by atoms with E-state index >= 15 is 0 Å². The van der Waals surface area contributed by atoms with Gasteiger partial charge in [0.1, 0.15) is 0 Å². The third kappa shape index (κ3) is 4.62. The Morgan fingerprint density at radius 2 is 1.79 bits per heavy atom. The average Bonchev–Trinajstić information content (AvgIpc) is 2.54. The number of hydrogen-bond donors (Lipinski definition) is 2. The molecule has 2 rings (SSSR count). The second-order valence-corrected chi connectivity index (χ2v) is 6.49. The van der Waals surface area contributed by atoms with Crippen LogP contribution in [0.1, 0.15) is 50.2 Å². The molecule has 0 unspecified atom stereocenters. The molecule has 0 bridgehead atoms. The third-order valence-corrected chi connectivity index (χ3v) is 3.40. The van der Waals surface area contributed by atoms with Crippen molar-refractivity contribution >= 4 is 23.3 Å². The van der Waals surface area contributed by atoms with Crippen LogP contribution in [0.25, 0.3) is 0 Å². The Morgan fingerprint density at radius 3 is 2.38 bits per heavy atom. The number of nitrogens with one attached hydrogen (secondary N) is 2. The molecule has 2 aromatic rings. The monoisotopic (exact) mass is 326 g/mol. The van der Waals surface area contributed by atoms with E-state index < -0.39 is 0 Å². The van der Waals surface area contributed by atoms with Crippen LogP contribution in [-0.2, 0) is 10.2 Å². The van der Waals surface area contributed by atoms with Gasteiger partial charge in [-0.1, -0.05) is 33.8 Å². The van der Waals surface area contributed by atoms with Crippen LogP contribution in [0.3, 0.4) is 0 Å². The number of rotatable bonds is 4. The van der Waals surface area contributed by atoms with Crippen LogP contribution in [0, 0.1) is 0 Å². The van der Waals surface area contributed by atoms with E-state index in [-0.39, 0.29) is 17.2 Å². The lowest BCUT2D eigenvalue weighted by molar-refractivity contribution is -0.115. The van der Waals surface area contributed by atoms with E-state index in [2.05, 4.69) is 20.8 Å². The van der Waals surface area contributed by atoms with E-state index in [9.17, 15) is 9.59 Å². The molecule has 24 heavy (non-hydrogen) atoms. The van der Waals surface area contributed by atoms with Crippen LogP contribution in [0.5, 0.6) is 0 Å². The van der Waals surface area contributed by atoms with Crippen molar-refractivity contribution in [2.75, 3.05) is 10.6 Å². The van der Waals surface area contributed by atoms with Gasteiger partial charge in [0, 0.05) is 23.1 Å². The summed E-state index contributed by atoms with van der Waals surface area (Å²) in [6.45, 7) is 7.91. The van der Waals surface area contributed by atoms with Crippen molar-refractivity contribution in [2.24, 2.45) is 0 Å². The van der Waals surface area contributed by atoms with E-state index in [1.54, 1.807) is 37.3 Å². The molecule has 2 N–H and O–H groups in total. The van der Waals surface area contributed by atoms with E-state index in [0.29, 0.717) is 23.5 Å². The van der Waals surface area contributed by atoms with Gasteiger partial charge >= 0.3 is 0 Å². The van der Waals surface area contributed by atoms with Crippen LogP contribution >= 0.6 is 0 Å². The first-order chi connectivity index (χ1) is 11.3. The number of carbonyl (C=O) groups excluding carboxylic acids is 2. The summed E-state index contributed by atoms with van der Waals surface area (Å²) in [5.41, 5.74) is 1.78. The highest BCUT2D eigenvalue weighted by atomic mass is 16.2. The molecule has 0 atom stereocenters. The van der Waals surface area contributed by atoms with Crippen molar-refractivity contribution < 1.29 is 9.59 Å². The highest BCUT2D eigenvalue weighted by Crippen LogP contribution is 2.20. The molecule has 0 aliphatic carbocycles. The lowest BCUT2D eigenvalue weighted by Crippen LogP contribution is -2.17. The van der Waals surface area contributed by atoms with E-state index in [4.69, 9.17) is 0 Å². The number of anilines is 2. The second-order valence-electron chi connectivity index (χ2n) is 6.49. The van der Waals surface area contributed by atoms with Crippen LogP contribution < -0.4 is 10.6 Å². The van der Waals surface area contributed by atoms with Gasteiger partial charge in [-0.3, -0.25) is 9.59 Å². The zero-order chi connectivity index (χ0) is 17.7. The molecule has 0 aliphatic heterocycles. The van der Waals surface area contributed by atoms with Gasteiger partial charge in [0.05, 0.1) is 5.69 Å². The molecule has 0 fully saturated rings. The molecule has 1 aromatic heterocycles. The fraction of sp³-hybridized carbons (Fsp3) is 0.333. The number of nitrogens with zero attached hydrogens (tertiary/aromatic N) is 2. The maximum Gasteiger partial charge on any atom is 0.256 e. The molecule has 2 amide bonds. The van der Waals surface area contributed by atoms with Gasteiger partial charge in [0.15, 0.2) is 5.82 Å². The third-order valence-electron chi connectivity index (χ3n) is 3.40. The molecule has 6 nitrogen and oxygen atoms in total. The minimum atomic E-state index is -0.305. The summed E-state index contributed by atoms with van der Waals surface area (Å²) < 4.78 is 0.